The fourth-order valence-corrected chi connectivity index (χ4v) is 3.42. The van der Waals surface area contributed by atoms with Crippen molar-refractivity contribution in [3.63, 3.8) is 0 Å². The molecule has 0 amide bonds. The maximum Gasteiger partial charge on any atom is 0.150 e. The number of nitrogens with one attached hydrogen (secondary N) is 1. The molecule has 3 rings (SSSR count). The van der Waals surface area contributed by atoms with Gasteiger partial charge in [0.1, 0.15) is 12.1 Å². The summed E-state index contributed by atoms with van der Waals surface area (Å²) < 4.78 is 28.9. The van der Waals surface area contributed by atoms with Crippen molar-refractivity contribution in [2.75, 3.05) is 66.4 Å². The van der Waals surface area contributed by atoms with Gasteiger partial charge in [0.05, 0.1) is 46.2 Å². The predicted octanol–water partition coefficient (Wildman–Crippen LogP) is 1.96. The van der Waals surface area contributed by atoms with Crippen LogP contribution in [-0.2, 0) is 14.2 Å². The highest BCUT2D eigenvalue weighted by Gasteiger charge is 2.28. The van der Waals surface area contributed by atoms with Crippen molar-refractivity contribution in [1.29, 1.82) is 0 Å². The second kappa shape index (κ2) is 14.8. The molecule has 0 saturated carbocycles. The first-order valence-electron chi connectivity index (χ1n) is 10.7. The highest BCUT2D eigenvalue weighted by atomic mass is 19.1. The van der Waals surface area contributed by atoms with Crippen LogP contribution < -0.4 is 11.1 Å². The lowest BCUT2D eigenvalue weighted by molar-refractivity contribution is 0.0168. The summed E-state index contributed by atoms with van der Waals surface area (Å²) in [7, 11) is 1.90. The first kappa shape index (κ1) is 26.1. The first-order chi connectivity index (χ1) is 15.7. The summed E-state index contributed by atoms with van der Waals surface area (Å²) in [5.41, 5.74) is 9.40. The minimum absolute atomic E-state index is 0.0915. The monoisotopic (exact) mass is 448 g/mol. The van der Waals surface area contributed by atoms with Gasteiger partial charge in [-0.3, -0.25) is 4.79 Å². The van der Waals surface area contributed by atoms with Gasteiger partial charge in [-0.1, -0.05) is 18.2 Å². The number of ether oxygens (including phenoxy) is 3. The zero-order valence-electron chi connectivity index (χ0n) is 18.5. The molecule has 1 unspecified atom stereocenters. The van der Waals surface area contributed by atoms with E-state index in [9.17, 15) is 14.3 Å². The number of hydrogen-bond acceptors (Lipinski definition) is 7. The number of carbonyl (C=O) groups excluding carboxylic acids is 1. The summed E-state index contributed by atoms with van der Waals surface area (Å²) in [5, 5.41) is 12.5. The molecular weight excluding hydrogens is 415 g/mol. The van der Waals surface area contributed by atoms with Gasteiger partial charge in [-0.15, -0.1) is 0 Å². The van der Waals surface area contributed by atoms with Crippen LogP contribution in [0.25, 0.3) is 11.1 Å². The highest BCUT2D eigenvalue weighted by Crippen LogP contribution is 2.44. The van der Waals surface area contributed by atoms with Crippen LogP contribution in [0.2, 0.25) is 0 Å². The van der Waals surface area contributed by atoms with Crippen LogP contribution in [0, 0.1) is 5.82 Å². The third-order valence-electron chi connectivity index (χ3n) is 4.95. The molecule has 0 radical (unpaired) electrons. The molecule has 1 aliphatic carbocycles. The number of aliphatic hydroxyl groups is 1. The number of halogens is 1. The van der Waals surface area contributed by atoms with Crippen LogP contribution in [0.3, 0.4) is 0 Å². The number of carbonyl (C=O) groups is 1. The van der Waals surface area contributed by atoms with Crippen LogP contribution in [0.4, 0.5) is 4.39 Å². The summed E-state index contributed by atoms with van der Waals surface area (Å²) in [6, 6.07) is 9.94. The van der Waals surface area contributed by atoms with E-state index in [-0.39, 0.29) is 18.3 Å². The van der Waals surface area contributed by atoms with Gasteiger partial charge < -0.3 is 30.4 Å². The van der Waals surface area contributed by atoms with Gasteiger partial charge in [-0.05, 0) is 47.5 Å². The van der Waals surface area contributed by atoms with Crippen molar-refractivity contribution < 1.29 is 28.5 Å². The van der Waals surface area contributed by atoms with Gasteiger partial charge >= 0.3 is 0 Å². The molecule has 0 aromatic heterocycles. The number of benzene rings is 2. The Bertz CT molecular complexity index is 822. The molecule has 0 aliphatic heterocycles. The SMILES string of the molecule is CNCCOCCOCCOCCN.O=Cc1ccc2c(c1)C(CO)c1cc(F)ccc1-2. The number of likely N-dealkylation sites (N-methyl/N-ethyl adjacent to an activating group) is 1. The van der Waals surface area contributed by atoms with E-state index in [4.69, 9.17) is 19.9 Å². The Morgan fingerprint density at radius 1 is 0.969 bits per heavy atom. The van der Waals surface area contributed by atoms with Crippen LogP contribution in [0.15, 0.2) is 36.4 Å². The predicted molar refractivity (Wildman–Crippen MR) is 122 cm³/mol. The van der Waals surface area contributed by atoms with Crippen molar-refractivity contribution in [1.82, 2.24) is 5.32 Å². The molecule has 2 aromatic carbocycles. The number of rotatable bonds is 13. The molecular formula is C24H33FN2O5. The van der Waals surface area contributed by atoms with Crippen LogP contribution in [-0.4, -0.2) is 77.8 Å². The van der Waals surface area contributed by atoms with E-state index in [1.165, 1.54) is 12.1 Å². The Balaban J connectivity index is 0.000000237. The zero-order chi connectivity index (χ0) is 23.2. The zero-order valence-corrected chi connectivity index (χ0v) is 18.5. The maximum absolute atomic E-state index is 13.3. The average Bonchev–Trinajstić information content (AvgIpc) is 3.12. The lowest BCUT2D eigenvalue weighted by Gasteiger charge is -2.09. The molecule has 0 heterocycles. The summed E-state index contributed by atoms with van der Waals surface area (Å²) in [5.74, 6) is -0.554. The Labute approximate surface area is 188 Å². The summed E-state index contributed by atoms with van der Waals surface area (Å²) in [6.45, 7) is 5.14. The van der Waals surface area contributed by atoms with E-state index in [0.29, 0.717) is 45.1 Å². The average molecular weight is 449 g/mol. The summed E-state index contributed by atoms with van der Waals surface area (Å²) in [6.07, 6.45) is 0.776. The van der Waals surface area contributed by atoms with Gasteiger partial charge in [0, 0.05) is 24.6 Å². The van der Waals surface area contributed by atoms with Crippen molar-refractivity contribution in [2.24, 2.45) is 5.73 Å². The smallest absolute Gasteiger partial charge is 0.150 e. The Hall–Kier alpha value is -2.20. The van der Waals surface area contributed by atoms with Gasteiger partial charge in [0.25, 0.3) is 0 Å². The van der Waals surface area contributed by atoms with Crippen LogP contribution in [0.1, 0.15) is 27.4 Å². The highest BCUT2D eigenvalue weighted by molar-refractivity contribution is 5.83. The number of aliphatic hydroxyl groups excluding tert-OH is 1. The molecule has 1 atom stereocenters. The van der Waals surface area contributed by atoms with E-state index in [1.807, 2.05) is 13.1 Å². The Morgan fingerprint density at radius 3 is 2.16 bits per heavy atom. The quantitative estimate of drug-likeness (QED) is 0.318. The number of fused-ring (bicyclic) bond motifs is 3. The molecule has 8 heteroatoms. The summed E-state index contributed by atoms with van der Waals surface area (Å²) >= 11 is 0. The van der Waals surface area contributed by atoms with Gasteiger partial charge in [-0.25, -0.2) is 4.39 Å². The van der Waals surface area contributed by atoms with Crippen LogP contribution in [0.5, 0.6) is 0 Å². The summed E-state index contributed by atoms with van der Waals surface area (Å²) in [4.78, 5) is 10.8. The Morgan fingerprint density at radius 2 is 1.56 bits per heavy atom. The van der Waals surface area contributed by atoms with E-state index >= 15 is 0 Å². The standard InChI is InChI=1S/C15H11FO2.C9H22N2O3/c16-10-2-4-12-11-3-1-9(7-17)5-13(11)15(8-18)14(12)6-10;1-11-3-5-13-7-9-14-8-6-12-4-2-10/h1-7,15,18H,8H2;11H,2-10H2,1H3. The number of nitrogens with two attached hydrogens (primary N) is 1. The third kappa shape index (κ3) is 7.74. The normalized spacial score (nSPS) is 13.8. The molecule has 4 N–H and O–H groups in total. The van der Waals surface area contributed by atoms with E-state index in [0.717, 1.165) is 41.7 Å². The fourth-order valence-electron chi connectivity index (χ4n) is 3.42. The minimum Gasteiger partial charge on any atom is -0.395 e. The van der Waals surface area contributed by atoms with Crippen molar-refractivity contribution >= 4 is 6.29 Å². The third-order valence-corrected chi connectivity index (χ3v) is 4.95. The molecule has 2 aromatic rings. The Kier molecular flexibility index (Phi) is 12.0. The lowest BCUT2D eigenvalue weighted by atomic mass is 9.97. The maximum atomic E-state index is 13.3. The van der Waals surface area contributed by atoms with Gasteiger partial charge in [0.2, 0.25) is 0 Å². The van der Waals surface area contributed by atoms with Crippen molar-refractivity contribution in [3.8, 4) is 11.1 Å². The second-order valence-corrected chi connectivity index (χ2v) is 7.16. The molecule has 1 aliphatic rings. The second-order valence-electron chi connectivity index (χ2n) is 7.16. The van der Waals surface area contributed by atoms with Crippen molar-refractivity contribution in [3.05, 3.63) is 58.9 Å². The fraction of sp³-hybridized carbons (Fsp3) is 0.458. The van der Waals surface area contributed by atoms with E-state index in [2.05, 4.69) is 5.32 Å². The topological polar surface area (TPSA) is 103 Å². The molecule has 32 heavy (non-hydrogen) atoms. The largest absolute Gasteiger partial charge is 0.395 e. The molecule has 176 valence electrons. The molecule has 0 fully saturated rings. The van der Waals surface area contributed by atoms with Crippen molar-refractivity contribution in [2.45, 2.75) is 5.92 Å². The number of aldehydes is 1. The molecule has 0 spiro atoms. The molecule has 7 nitrogen and oxygen atoms in total. The van der Waals surface area contributed by atoms with Gasteiger partial charge in [-0.2, -0.15) is 0 Å². The lowest BCUT2D eigenvalue weighted by Crippen LogP contribution is -2.17. The van der Waals surface area contributed by atoms with Crippen LogP contribution >= 0.6 is 0 Å². The minimum atomic E-state index is -0.310. The molecule has 0 saturated heterocycles. The van der Waals surface area contributed by atoms with E-state index in [1.54, 1.807) is 18.2 Å². The number of hydrogen-bond donors (Lipinski definition) is 3. The van der Waals surface area contributed by atoms with Gasteiger partial charge in [0.15, 0.2) is 0 Å². The first-order valence-corrected chi connectivity index (χ1v) is 10.7. The van der Waals surface area contributed by atoms with E-state index < -0.39 is 0 Å². The molecule has 0 bridgehead atoms.